The van der Waals surface area contributed by atoms with Crippen molar-refractivity contribution in [2.45, 2.75) is 25.1 Å². The van der Waals surface area contributed by atoms with Crippen molar-refractivity contribution in [1.29, 1.82) is 5.41 Å². The van der Waals surface area contributed by atoms with Gasteiger partial charge in [0.25, 0.3) is 5.91 Å². The van der Waals surface area contributed by atoms with Gasteiger partial charge in [0.05, 0.1) is 16.8 Å². The summed E-state index contributed by atoms with van der Waals surface area (Å²) in [5.74, 6) is -0.849. The molecule has 0 unspecified atom stereocenters. The number of benzene rings is 1. The largest absolute Gasteiger partial charge is 0.416 e. The molecule has 1 aromatic carbocycles. The summed E-state index contributed by atoms with van der Waals surface area (Å²) in [6.07, 6.45) is -0.449. The summed E-state index contributed by atoms with van der Waals surface area (Å²) in [5.41, 5.74) is 6.85. The highest BCUT2D eigenvalue weighted by Crippen LogP contribution is 2.30. The van der Waals surface area contributed by atoms with Gasteiger partial charge in [0.15, 0.2) is 0 Å². The molecule has 0 saturated carbocycles. The van der Waals surface area contributed by atoms with Crippen LogP contribution in [0.5, 0.6) is 0 Å². The number of hydrogen-bond donors (Lipinski definition) is 4. The average molecular weight is 556 g/mol. The molecule has 0 radical (unpaired) electrons. The Kier molecular flexibility index (Phi) is 8.63. The highest BCUT2D eigenvalue weighted by atomic mass is 19.4. The van der Waals surface area contributed by atoms with Crippen LogP contribution in [-0.4, -0.2) is 65.2 Å². The lowest BCUT2D eigenvalue weighted by Gasteiger charge is -2.34. The van der Waals surface area contributed by atoms with E-state index < -0.39 is 17.6 Å². The molecule has 1 aliphatic heterocycles. The predicted molar refractivity (Wildman–Crippen MR) is 143 cm³/mol. The third kappa shape index (κ3) is 6.72. The molecule has 210 valence electrons. The number of piperidine rings is 1. The number of anilines is 3. The van der Waals surface area contributed by atoms with Crippen molar-refractivity contribution >= 4 is 34.8 Å². The number of ether oxygens (including phenoxy) is 1. The summed E-state index contributed by atoms with van der Waals surface area (Å²) < 4.78 is 43.8. The van der Waals surface area contributed by atoms with Crippen LogP contribution in [0.25, 0.3) is 0 Å². The summed E-state index contributed by atoms with van der Waals surface area (Å²) in [6, 6.07) is 9.19. The van der Waals surface area contributed by atoms with Crippen LogP contribution in [-0.2, 0) is 15.7 Å². The van der Waals surface area contributed by atoms with Crippen LogP contribution in [0.2, 0.25) is 0 Å². The molecule has 1 fully saturated rings. The van der Waals surface area contributed by atoms with Crippen LogP contribution in [0.3, 0.4) is 0 Å². The summed E-state index contributed by atoms with van der Waals surface area (Å²) in [5, 5.41) is 14.6. The molecule has 40 heavy (non-hydrogen) atoms. The van der Waals surface area contributed by atoms with Gasteiger partial charge < -0.3 is 26.0 Å². The van der Waals surface area contributed by atoms with Crippen LogP contribution < -0.4 is 16.4 Å². The second-order valence-corrected chi connectivity index (χ2v) is 9.21. The van der Waals surface area contributed by atoms with Gasteiger partial charge in [-0.15, -0.1) is 0 Å². The molecule has 2 aromatic heterocycles. The SMILES string of the molecule is COCC(=O)N1CCC[C@@H](Nc2ccnc(N)c2C(=N)c2ccc(C(=O)Nc3cc(C(F)(F)F)ccn3)cc2)C1. The quantitative estimate of drug-likeness (QED) is 0.309. The second kappa shape index (κ2) is 12.1. The molecule has 2 amide bonds. The summed E-state index contributed by atoms with van der Waals surface area (Å²) in [7, 11) is 1.47. The van der Waals surface area contributed by atoms with Gasteiger partial charge in [-0.1, -0.05) is 12.1 Å². The standard InChI is InChI=1S/C27H28F3N7O3/c1-40-15-22(38)37-12-2-3-19(14-37)35-20-9-11-34-25(32)23(20)24(31)16-4-6-17(7-5-16)26(39)36-21-13-18(8-10-33-21)27(28,29)30/h4-11,13,19,31H,2-3,12,14-15H2,1H3,(H3,32,34,35)(H,33,36,39)/t19-/m1/s1. The molecule has 1 saturated heterocycles. The van der Waals surface area contributed by atoms with Gasteiger partial charge in [0.2, 0.25) is 5.91 Å². The van der Waals surface area contributed by atoms with E-state index in [1.54, 1.807) is 23.1 Å². The number of hydrogen-bond acceptors (Lipinski definition) is 8. The fraction of sp³-hybridized carbons (Fsp3) is 0.296. The molecule has 4 rings (SSSR count). The van der Waals surface area contributed by atoms with E-state index in [4.69, 9.17) is 15.9 Å². The number of alkyl halides is 3. The molecule has 0 spiro atoms. The monoisotopic (exact) mass is 555 g/mol. The van der Waals surface area contributed by atoms with Crippen LogP contribution in [0.15, 0.2) is 54.9 Å². The minimum atomic E-state index is -4.57. The number of carbonyl (C=O) groups is 2. The Hall–Kier alpha value is -4.52. The molecule has 1 atom stereocenters. The number of nitrogens with one attached hydrogen (secondary N) is 3. The summed E-state index contributed by atoms with van der Waals surface area (Å²) in [6.45, 7) is 1.13. The minimum absolute atomic E-state index is 0.00922. The Morgan fingerprint density at radius 1 is 1.12 bits per heavy atom. The Bertz CT molecular complexity index is 1400. The van der Waals surface area contributed by atoms with Gasteiger partial charge in [-0.05, 0) is 43.2 Å². The first-order valence-electron chi connectivity index (χ1n) is 12.4. The number of likely N-dealkylation sites (tertiary alicyclic amines) is 1. The summed E-state index contributed by atoms with van der Waals surface area (Å²) in [4.78, 5) is 34.5. The first-order chi connectivity index (χ1) is 19.1. The lowest BCUT2D eigenvalue weighted by atomic mass is 9.98. The van der Waals surface area contributed by atoms with E-state index in [0.29, 0.717) is 29.9 Å². The van der Waals surface area contributed by atoms with Crippen molar-refractivity contribution in [3.8, 4) is 0 Å². The van der Waals surface area contributed by atoms with Gasteiger partial charge >= 0.3 is 6.18 Å². The highest BCUT2D eigenvalue weighted by Gasteiger charge is 2.31. The fourth-order valence-electron chi connectivity index (χ4n) is 4.41. The van der Waals surface area contributed by atoms with Crippen LogP contribution in [0.1, 0.15) is 39.9 Å². The lowest BCUT2D eigenvalue weighted by molar-refractivity contribution is -0.137. The van der Waals surface area contributed by atoms with E-state index in [1.165, 1.54) is 25.4 Å². The minimum Gasteiger partial charge on any atom is -0.383 e. The number of aromatic nitrogens is 2. The van der Waals surface area contributed by atoms with Crippen LogP contribution in [0.4, 0.5) is 30.5 Å². The van der Waals surface area contributed by atoms with Crippen molar-refractivity contribution < 1.29 is 27.5 Å². The maximum atomic E-state index is 13.0. The molecule has 10 nitrogen and oxygen atoms in total. The molecule has 0 bridgehead atoms. The molecule has 1 aliphatic rings. The number of nitrogens with two attached hydrogens (primary N) is 1. The lowest BCUT2D eigenvalue weighted by Crippen LogP contribution is -2.46. The Labute approximate surface area is 228 Å². The van der Waals surface area contributed by atoms with E-state index in [9.17, 15) is 22.8 Å². The Morgan fingerprint density at radius 2 is 1.82 bits per heavy atom. The van der Waals surface area contributed by atoms with Crippen LogP contribution in [0, 0.1) is 5.41 Å². The number of amides is 2. The van der Waals surface area contributed by atoms with E-state index in [0.717, 1.165) is 31.2 Å². The molecule has 13 heteroatoms. The van der Waals surface area contributed by atoms with Crippen molar-refractivity contribution in [2.75, 3.05) is 43.2 Å². The number of nitrogen functional groups attached to an aromatic ring is 1. The molecule has 3 heterocycles. The Balaban J connectivity index is 1.48. The van der Waals surface area contributed by atoms with Gasteiger partial charge in [0.1, 0.15) is 18.2 Å². The average Bonchev–Trinajstić information content (AvgIpc) is 2.93. The summed E-state index contributed by atoms with van der Waals surface area (Å²) >= 11 is 0. The molecule has 5 N–H and O–H groups in total. The fourth-order valence-corrected chi connectivity index (χ4v) is 4.41. The number of carbonyl (C=O) groups excluding carboxylic acids is 2. The van der Waals surface area contributed by atoms with Gasteiger partial charge in [-0.2, -0.15) is 13.2 Å². The normalized spacial score (nSPS) is 15.4. The third-order valence-electron chi connectivity index (χ3n) is 6.40. The number of rotatable bonds is 8. The predicted octanol–water partition coefficient (Wildman–Crippen LogP) is 3.80. The van der Waals surface area contributed by atoms with E-state index >= 15 is 0 Å². The molecule has 3 aromatic rings. The molecular formula is C27H28F3N7O3. The maximum absolute atomic E-state index is 13.0. The first kappa shape index (κ1) is 28.5. The number of halogens is 3. The van der Waals surface area contributed by atoms with Crippen molar-refractivity contribution in [3.05, 3.63) is 77.1 Å². The van der Waals surface area contributed by atoms with Gasteiger partial charge in [0, 0.05) is 55.4 Å². The van der Waals surface area contributed by atoms with E-state index in [-0.39, 0.29) is 41.5 Å². The maximum Gasteiger partial charge on any atom is 0.416 e. The van der Waals surface area contributed by atoms with Crippen molar-refractivity contribution in [3.63, 3.8) is 0 Å². The molecule has 0 aliphatic carbocycles. The zero-order valence-corrected chi connectivity index (χ0v) is 21.6. The van der Waals surface area contributed by atoms with E-state index in [1.807, 2.05) is 0 Å². The first-order valence-corrected chi connectivity index (χ1v) is 12.4. The number of nitrogens with zero attached hydrogens (tertiary/aromatic N) is 3. The number of pyridine rings is 2. The van der Waals surface area contributed by atoms with Crippen LogP contribution >= 0.6 is 0 Å². The number of methoxy groups -OCH3 is 1. The van der Waals surface area contributed by atoms with Gasteiger partial charge in [-0.25, -0.2) is 9.97 Å². The highest BCUT2D eigenvalue weighted by molar-refractivity contribution is 6.17. The molecular weight excluding hydrogens is 527 g/mol. The second-order valence-electron chi connectivity index (χ2n) is 9.21. The van der Waals surface area contributed by atoms with E-state index in [2.05, 4.69) is 20.6 Å². The topological polar surface area (TPSA) is 146 Å². The van der Waals surface area contributed by atoms with Crippen molar-refractivity contribution in [2.24, 2.45) is 0 Å². The Morgan fingerprint density at radius 3 is 2.52 bits per heavy atom. The smallest absolute Gasteiger partial charge is 0.383 e. The zero-order valence-electron chi connectivity index (χ0n) is 21.6. The van der Waals surface area contributed by atoms with Crippen molar-refractivity contribution in [1.82, 2.24) is 14.9 Å². The zero-order chi connectivity index (χ0) is 28.9. The third-order valence-corrected chi connectivity index (χ3v) is 6.40. The van der Waals surface area contributed by atoms with Gasteiger partial charge in [-0.3, -0.25) is 15.0 Å².